The van der Waals surface area contributed by atoms with Crippen LogP contribution in [0.4, 0.5) is 0 Å². The van der Waals surface area contributed by atoms with E-state index in [-0.39, 0.29) is 0 Å². The van der Waals surface area contributed by atoms with Crippen LogP contribution in [-0.2, 0) is 0 Å². The molecule has 5 heteroatoms. The van der Waals surface area contributed by atoms with Gasteiger partial charge in [-0.2, -0.15) is 0 Å². The molecule has 0 saturated carbocycles. The zero-order valence-corrected chi connectivity index (χ0v) is 23.3. The SMILES string of the molecule is CCCCCCC[N+](CCCCCCC)(CCCCCCC)CCCCCCC.[O-]B(O)O. The number of hydrogen-bond acceptors (Lipinski definition) is 3. The van der Waals surface area contributed by atoms with Gasteiger partial charge in [0.2, 0.25) is 0 Å². The summed E-state index contributed by atoms with van der Waals surface area (Å²) < 4.78 is 1.47. The van der Waals surface area contributed by atoms with Crippen molar-refractivity contribution in [3.8, 4) is 0 Å². The van der Waals surface area contributed by atoms with E-state index in [2.05, 4.69) is 27.7 Å². The van der Waals surface area contributed by atoms with Gasteiger partial charge in [0.25, 0.3) is 0 Å². The summed E-state index contributed by atoms with van der Waals surface area (Å²) in [5.74, 6) is 0. The summed E-state index contributed by atoms with van der Waals surface area (Å²) in [5, 5.41) is 22.8. The molecular weight excluding hydrogens is 409 g/mol. The third-order valence-corrected chi connectivity index (χ3v) is 6.94. The highest BCUT2D eigenvalue weighted by Crippen LogP contribution is 2.20. The third-order valence-electron chi connectivity index (χ3n) is 6.94. The summed E-state index contributed by atoms with van der Waals surface area (Å²) in [5.41, 5.74) is 0. The van der Waals surface area contributed by atoms with Crippen LogP contribution in [0, 0.1) is 0 Å². The molecule has 4 nitrogen and oxygen atoms in total. The third kappa shape index (κ3) is 28.0. The monoisotopic (exact) mass is 471 g/mol. The molecule has 0 rings (SSSR count). The van der Waals surface area contributed by atoms with Crippen LogP contribution < -0.4 is 5.02 Å². The molecular formula is C28H62BNO3. The maximum absolute atomic E-state index is 8.64. The van der Waals surface area contributed by atoms with Crippen LogP contribution in [0.5, 0.6) is 0 Å². The molecule has 0 saturated heterocycles. The molecule has 0 aromatic carbocycles. The lowest BCUT2D eigenvalue weighted by molar-refractivity contribution is -0.929. The first-order chi connectivity index (χ1) is 16.0. The Morgan fingerprint density at radius 3 is 0.788 bits per heavy atom. The van der Waals surface area contributed by atoms with Crippen LogP contribution >= 0.6 is 0 Å². The Morgan fingerprint density at radius 1 is 0.424 bits per heavy atom. The van der Waals surface area contributed by atoms with Crippen molar-refractivity contribution in [1.82, 2.24) is 0 Å². The smallest absolute Gasteiger partial charge is 0.339 e. The molecule has 0 unspecified atom stereocenters. The van der Waals surface area contributed by atoms with Crippen LogP contribution in [0.25, 0.3) is 0 Å². The first-order valence-electron chi connectivity index (χ1n) is 14.8. The zero-order chi connectivity index (χ0) is 25.0. The van der Waals surface area contributed by atoms with E-state index < -0.39 is 7.32 Å². The Kier molecular flexibility index (Phi) is 29.9. The second-order valence-electron chi connectivity index (χ2n) is 10.2. The van der Waals surface area contributed by atoms with Crippen molar-refractivity contribution in [2.24, 2.45) is 0 Å². The lowest BCUT2D eigenvalue weighted by Gasteiger charge is -2.39. The lowest BCUT2D eigenvalue weighted by atomic mass is 10.1. The van der Waals surface area contributed by atoms with Crippen molar-refractivity contribution in [3.05, 3.63) is 0 Å². The Hall–Kier alpha value is -0.0951. The van der Waals surface area contributed by atoms with Crippen molar-refractivity contribution in [3.63, 3.8) is 0 Å². The summed E-state index contributed by atoms with van der Waals surface area (Å²) in [6.45, 7) is 15.2. The van der Waals surface area contributed by atoms with Gasteiger partial charge in [-0.05, 0) is 51.4 Å². The Bertz CT molecular complexity index is 292. The first kappa shape index (κ1) is 35.1. The molecule has 0 aliphatic heterocycles. The van der Waals surface area contributed by atoms with Crippen molar-refractivity contribution < 1.29 is 19.6 Å². The van der Waals surface area contributed by atoms with Crippen LogP contribution in [0.1, 0.15) is 156 Å². The average Bonchev–Trinajstić information content (AvgIpc) is 2.78. The van der Waals surface area contributed by atoms with Crippen molar-refractivity contribution in [1.29, 1.82) is 0 Å². The van der Waals surface area contributed by atoms with E-state index in [4.69, 9.17) is 15.1 Å². The summed E-state index contributed by atoms with van der Waals surface area (Å²) in [6, 6.07) is 0. The average molecular weight is 472 g/mol. The van der Waals surface area contributed by atoms with Gasteiger partial charge in [0.05, 0.1) is 26.2 Å². The van der Waals surface area contributed by atoms with E-state index in [9.17, 15) is 0 Å². The molecule has 0 aliphatic carbocycles. The lowest BCUT2D eigenvalue weighted by Crippen LogP contribution is -2.50. The predicted molar refractivity (Wildman–Crippen MR) is 145 cm³/mol. The molecule has 0 spiro atoms. The van der Waals surface area contributed by atoms with E-state index >= 15 is 0 Å². The Labute approximate surface area is 209 Å². The second kappa shape index (κ2) is 28.1. The number of nitrogens with zero attached hydrogens (tertiary/aromatic N) is 1. The number of rotatable bonds is 24. The standard InChI is InChI=1S/C28H60N.BH2O3/c1-5-9-13-17-21-25-29(26-22-18-14-10-6-2,27-23-19-15-11-7-3)28-24-20-16-12-8-4;2-1(3)4/h5-28H2,1-4H3;2-3H/q+1;-1. The summed E-state index contributed by atoms with van der Waals surface area (Å²) in [7, 11) is -2.42. The van der Waals surface area contributed by atoms with E-state index in [0.717, 1.165) is 0 Å². The van der Waals surface area contributed by atoms with Crippen molar-refractivity contribution in [2.75, 3.05) is 26.2 Å². The highest BCUT2D eigenvalue weighted by molar-refractivity contribution is 6.28. The van der Waals surface area contributed by atoms with Crippen molar-refractivity contribution >= 4 is 7.32 Å². The van der Waals surface area contributed by atoms with Crippen LogP contribution in [-0.4, -0.2) is 48.0 Å². The van der Waals surface area contributed by atoms with Gasteiger partial charge in [0, 0.05) is 0 Å². The fraction of sp³-hybridized carbons (Fsp3) is 1.00. The number of quaternary nitrogens is 1. The molecule has 0 radical (unpaired) electrons. The second-order valence-corrected chi connectivity index (χ2v) is 10.2. The molecule has 200 valence electrons. The molecule has 33 heavy (non-hydrogen) atoms. The summed E-state index contributed by atoms with van der Waals surface area (Å²) >= 11 is 0. The summed E-state index contributed by atoms with van der Waals surface area (Å²) in [4.78, 5) is 0. The first-order valence-corrected chi connectivity index (χ1v) is 14.8. The van der Waals surface area contributed by atoms with Gasteiger partial charge >= 0.3 is 7.32 Å². The van der Waals surface area contributed by atoms with Crippen LogP contribution in [0.15, 0.2) is 0 Å². The highest BCUT2D eigenvalue weighted by atomic mass is 16.5. The van der Waals surface area contributed by atoms with Crippen LogP contribution in [0.3, 0.4) is 0 Å². The van der Waals surface area contributed by atoms with Gasteiger partial charge in [0.15, 0.2) is 0 Å². The Balaban J connectivity index is 0. The minimum atomic E-state index is -2.42. The fourth-order valence-electron chi connectivity index (χ4n) is 4.87. The molecule has 2 N–H and O–H groups in total. The minimum absolute atomic E-state index is 1.37. The largest absolute Gasteiger partial charge is 0.832 e. The molecule has 0 aromatic rings. The van der Waals surface area contributed by atoms with Gasteiger partial charge in [-0.15, -0.1) is 0 Å². The quantitative estimate of drug-likeness (QED) is 0.0905. The van der Waals surface area contributed by atoms with Crippen LogP contribution in [0.2, 0.25) is 0 Å². The minimum Gasteiger partial charge on any atom is -0.832 e. The van der Waals surface area contributed by atoms with Gasteiger partial charge in [-0.25, -0.2) is 0 Å². The van der Waals surface area contributed by atoms with Gasteiger partial charge in [0.1, 0.15) is 0 Å². The maximum atomic E-state index is 8.64. The fourth-order valence-corrected chi connectivity index (χ4v) is 4.87. The van der Waals surface area contributed by atoms with Gasteiger partial charge in [-0.1, -0.05) is 105 Å². The number of unbranched alkanes of at least 4 members (excludes halogenated alkanes) is 16. The molecule has 0 amide bonds. The molecule has 0 aliphatic rings. The van der Waals surface area contributed by atoms with E-state index in [1.54, 1.807) is 0 Å². The normalized spacial score (nSPS) is 11.4. The predicted octanol–water partition coefficient (Wildman–Crippen LogP) is 7.00. The van der Waals surface area contributed by atoms with Gasteiger partial charge in [-0.3, -0.25) is 0 Å². The molecule has 0 atom stereocenters. The number of hydrogen-bond donors (Lipinski definition) is 2. The van der Waals surface area contributed by atoms with Crippen molar-refractivity contribution in [2.45, 2.75) is 156 Å². The highest BCUT2D eigenvalue weighted by Gasteiger charge is 2.25. The summed E-state index contributed by atoms with van der Waals surface area (Å²) in [6.07, 6.45) is 28.8. The Morgan fingerprint density at radius 2 is 0.606 bits per heavy atom. The van der Waals surface area contributed by atoms with E-state index in [0.29, 0.717) is 0 Å². The molecule has 0 heterocycles. The molecule has 0 aromatic heterocycles. The van der Waals surface area contributed by atoms with E-state index in [1.165, 1.54) is 159 Å². The topological polar surface area (TPSA) is 63.5 Å². The van der Waals surface area contributed by atoms with E-state index in [1.807, 2.05) is 0 Å². The molecule has 0 fully saturated rings. The maximum Gasteiger partial charge on any atom is 0.339 e. The molecule has 0 bridgehead atoms. The zero-order valence-electron chi connectivity index (χ0n) is 23.3. The van der Waals surface area contributed by atoms with Gasteiger partial charge < -0.3 is 19.6 Å².